The van der Waals surface area contributed by atoms with E-state index in [1.165, 1.54) is 27.7 Å². The zero-order chi connectivity index (χ0) is 25.3. The van der Waals surface area contributed by atoms with E-state index in [0.29, 0.717) is 44.8 Å². The molecule has 0 saturated heterocycles. The molecule has 8 heteroatoms. The quantitative estimate of drug-likeness (QED) is 0.425. The normalized spacial score (nSPS) is 11.7. The number of anilines is 2. The van der Waals surface area contributed by atoms with E-state index in [9.17, 15) is 24.4 Å². The molecule has 0 saturated carbocycles. The maximum atomic E-state index is 13.2. The minimum absolute atomic E-state index is 0.208. The van der Waals surface area contributed by atoms with Gasteiger partial charge in [0, 0.05) is 22.5 Å². The molecule has 0 aliphatic carbocycles. The van der Waals surface area contributed by atoms with Crippen LogP contribution in [0.1, 0.15) is 65.9 Å². The molecule has 0 heterocycles. The van der Waals surface area contributed by atoms with E-state index in [4.69, 9.17) is 0 Å². The molecule has 0 atom stereocenters. The van der Waals surface area contributed by atoms with Crippen LogP contribution < -0.4 is 10.6 Å². The molecule has 0 spiro atoms. The molecular formula is C25H31N3O5. The molecule has 0 aliphatic rings. The van der Waals surface area contributed by atoms with Crippen molar-refractivity contribution < 1.29 is 19.5 Å². The minimum Gasteiger partial charge on any atom is -0.381 e. The summed E-state index contributed by atoms with van der Waals surface area (Å²) in [6.07, 6.45) is 0. The fraction of sp³-hybridized carbons (Fsp3) is 0.400. The standard InChI is InChI=1S/C25H31N3O5/c1-13-9-17(10-14(2)19(13)26-22(30)24(5,6)28-33)21(29)18-11-15(3)20(16(4)12-18)27-23(31)25(7,8)32/h9-12,32H,1-8H3,(H,26,30)(H,27,31). The second-order valence-corrected chi connectivity index (χ2v) is 9.42. The molecule has 0 fully saturated rings. The van der Waals surface area contributed by atoms with Crippen molar-refractivity contribution in [1.82, 2.24) is 0 Å². The largest absolute Gasteiger partial charge is 0.381 e. The van der Waals surface area contributed by atoms with Crippen LogP contribution in [-0.2, 0) is 9.59 Å². The van der Waals surface area contributed by atoms with Crippen LogP contribution in [0.3, 0.4) is 0 Å². The fourth-order valence-corrected chi connectivity index (χ4v) is 3.32. The lowest BCUT2D eigenvalue weighted by Crippen LogP contribution is -2.37. The molecule has 0 bridgehead atoms. The van der Waals surface area contributed by atoms with Crippen LogP contribution in [0.2, 0.25) is 0 Å². The van der Waals surface area contributed by atoms with E-state index >= 15 is 0 Å². The molecule has 176 valence electrons. The maximum absolute atomic E-state index is 13.2. The van der Waals surface area contributed by atoms with Crippen molar-refractivity contribution in [3.63, 3.8) is 0 Å². The van der Waals surface area contributed by atoms with E-state index in [-0.39, 0.29) is 5.78 Å². The third-order valence-corrected chi connectivity index (χ3v) is 5.41. The van der Waals surface area contributed by atoms with Crippen molar-refractivity contribution in [3.05, 3.63) is 62.6 Å². The number of hydrogen-bond acceptors (Lipinski definition) is 6. The molecule has 2 amide bonds. The molecule has 3 N–H and O–H groups in total. The zero-order valence-corrected chi connectivity index (χ0v) is 20.3. The first-order valence-corrected chi connectivity index (χ1v) is 10.6. The zero-order valence-electron chi connectivity index (χ0n) is 20.3. The van der Waals surface area contributed by atoms with Crippen molar-refractivity contribution in [2.24, 2.45) is 5.18 Å². The number of nitrogens with one attached hydrogen (secondary N) is 2. The Kier molecular flexibility index (Phi) is 7.23. The topological polar surface area (TPSA) is 125 Å². The second kappa shape index (κ2) is 9.23. The number of rotatable bonds is 7. The van der Waals surface area contributed by atoms with Gasteiger partial charge in [-0.25, -0.2) is 0 Å². The second-order valence-electron chi connectivity index (χ2n) is 9.42. The van der Waals surface area contributed by atoms with Gasteiger partial charge in [-0.3, -0.25) is 14.4 Å². The summed E-state index contributed by atoms with van der Waals surface area (Å²) in [5.74, 6) is -1.28. The number of aryl methyl sites for hydroxylation is 4. The van der Waals surface area contributed by atoms with Crippen LogP contribution in [0, 0.1) is 32.6 Å². The summed E-state index contributed by atoms with van der Waals surface area (Å²) in [7, 11) is 0. The Labute approximate surface area is 193 Å². The van der Waals surface area contributed by atoms with Gasteiger partial charge in [0.05, 0.1) is 0 Å². The van der Waals surface area contributed by atoms with Gasteiger partial charge in [-0.05, 0) is 102 Å². The van der Waals surface area contributed by atoms with E-state index in [1.807, 2.05) is 0 Å². The number of nitrogens with zero attached hydrogens (tertiary/aromatic N) is 1. The molecule has 0 aliphatic heterocycles. The van der Waals surface area contributed by atoms with E-state index in [2.05, 4.69) is 15.8 Å². The lowest BCUT2D eigenvalue weighted by atomic mass is 9.94. The molecule has 2 rings (SSSR count). The van der Waals surface area contributed by atoms with Crippen LogP contribution in [0.15, 0.2) is 29.4 Å². The van der Waals surface area contributed by atoms with Crippen LogP contribution in [0.25, 0.3) is 0 Å². The monoisotopic (exact) mass is 453 g/mol. The van der Waals surface area contributed by atoms with Gasteiger partial charge in [0.15, 0.2) is 11.3 Å². The van der Waals surface area contributed by atoms with Crippen LogP contribution in [0.5, 0.6) is 0 Å². The summed E-state index contributed by atoms with van der Waals surface area (Å²) >= 11 is 0. The number of nitroso groups, excluding NO2 is 1. The third-order valence-electron chi connectivity index (χ3n) is 5.41. The predicted octanol–water partition coefficient (Wildman–Crippen LogP) is 4.34. The maximum Gasteiger partial charge on any atom is 0.255 e. The summed E-state index contributed by atoms with van der Waals surface area (Å²) in [6, 6.07) is 6.74. The first-order chi connectivity index (χ1) is 15.1. The predicted molar refractivity (Wildman–Crippen MR) is 129 cm³/mol. The SMILES string of the molecule is Cc1cc(C(=O)c2cc(C)c(NC(=O)C(C)(C)N=O)c(C)c2)cc(C)c1NC(=O)C(C)(C)O. The Morgan fingerprint density at radius 2 is 1.06 bits per heavy atom. The number of hydrogen-bond donors (Lipinski definition) is 3. The minimum atomic E-state index is -1.53. The molecule has 33 heavy (non-hydrogen) atoms. The highest BCUT2D eigenvalue weighted by molar-refractivity contribution is 6.10. The Bertz CT molecular complexity index is 1100. The van der Waals surface area contributed by atoms with Crippen molar-refractivity contribution in [3.8, 4) is 0 Å². The van der Waals surface area contributed by atoms with Crippen molar-refractivity contribution in [1.29, 1.82) is 0 Å². The number of carbonyl (C=O) groups excluding carboxylic acids is 3. The Hall–Kier alpha value is -3.39. The highest BCUT2D eigenvalue weighted by atomic mass is 16.3. The van der Waals surface area contributed by atoms with Gasteiger partial charge in [-0.15, -0.1) is 4.91 Å². The van der Waals surface area contributed by atoms with Crippen molar-refractivity contribution in [2.75, 3.05) is 10.6 Å². The Morgan fingerprint density at radius 1 is 0.727 bits per heavy atom. The molecule has 2 aromatic carbocycles. The number of ketones is 1. The highest BCUT2D eigenvalue weighted by Gasteiger charge is 2.30. The summed E-state index contributed by atoms with van der Waals surface area (Å²) in [4.78, 5) is 48.6. The van der Waals surface area contributed by atoms with Gasteiger partial charge in [0.1, 0.15) is 5.60 Å². The fourth-order valence-electron chi connectivity index (χ4n) is 3.32. The van der Waals surface area contributed by atoms with Crippen LogP contribution in [0.4, 0.5) is 11.4 Å². The van der Waals surface area contributed by atoms with Gasteiger partial charge in [-0.1, -0.05) is 5.18 Å². The van der Waals surface area contributed by atoms with Crippen LogP contribution in [-0.4, -0.2) is 33.8 Å². The lowest BCUT2D eigenvalue weighted by Gasteiger charge is -2.20. The Morgan fingerprint density at radius 3 is 1.36 bits per heavy atom. The molecule has 0 radical (unpaired) electrons. The summed E-state index contributed by atoms with van der Waals surface area (Å²) < 4.78 is 0. The smallest absolute Gasteiger partial charge is 0.255 e. The molecule has 2 aromatic rings. The van der Waals surface area contributed by atoms with E-state index in [1.54, 1.807) is 52.0 Å². The third kappa shape index (κ3) is 5.70. The number of carbonyl (C=O) groups is 3. The van der Waals surface area contributed by atoms with Gasteiger partial charge in [0.25, 0.3) is 11.8 Å². The van der Waals surface area contributed by atoms with Gasteiger partial charge in [-0.2, -0.15) is 0 Å². The number of amides is 2. The lowest BCUT2D eigenvalue weighted by molar-refractivity contribution is -0.130. The van der Waals surface area contributed by atoms with Crippen molar-refractivity contribution >= 4 is 29.0 Å². The highest BCUT2D eigenvalue weighted by Crippen LogP contribution is 2.28. The van der Waals surface area contributed by atoms with E-state index in [0.717, 1.165) is 0 Å². The van der Waals surface area contributed by atoms with E-state index < -0.39 is 23.0 Å². The molecular weight excluding hydrogens is 422 g/mol. The average molecular weight is 454 g/mol. The average Bonchev–Trinajstić information content (AvgIpc) is 2.71. The first-order valence-electron chi connectivity index (χ1n) is 10.6. The van der Waals surface area contributed by atoms with Crippen molar-refractivity contribution in [2.45, 2.75) is 66.5 Å². The van der Waals surface area contributed by atoms with Gasteiger partial charge in [0.2, 0.25) is 0 Å². The summed E-state index contributed by atoms with van der Waals surface area (Å²) in [6.45, 7) is 12.8. The van der Waals surface area contributed by atoms with Gasteiger partial charge < -0.3 is 15.7 Å². The van der Waals surface area contributed by atoms with Gasteiger partial charge >= 0.3 is 0 Å². The molecule has 0 aromatic heterocycles. The molecule has 8 nitrogen and oxygen atoms in total. The number of aliphatic hydroxyl groups is 1. The summed E-state index contributed by atoms with van der Waals surface area (Å²) in [5, 5.41) is 18.2. The number of benzene rings is 2. The van der Waals surface area contributed by atoms with Crippen LogP contribution >= 0.6 is 0 Å². The Balaban J connectivity index is 2.37. The molecule has 0 unspecified atom stereocenters. The first kappa shape index (κ1) is 25.9. The summed E-state index contributed by atoms with van der Waals surface area (Å²) in [5.41, 5.74) is 1.78.